The van der Waals surface area contributed by atoms with Gasteiger partial charge in [-0.15, -0.1) is 0 Å². The van der Waals surface area contributed by atoms with Crippen LogP contribution in [0.15, 0.2) is 60.3 Å². The Morgan fingerprint density at radius 2 is 1.22 bits per heavy atom. The Kier molecular flexibility index (Phi) is 2.34. The highest BCUT2D eigenvalue weighted by Gasteiger charge is 2.48. The fraction of sp³-hybridized carbons (Fsp3) is 0.200. The molecule has 2 aromatic carbocycles. The minimum absolute atomic E-state index is 0.308. The lowest BCUT2D eigenvalue weighted by molar-refractivity contribution is 0.330. The van der Waals surface area contributed by atoms with Gasteiger partial charge in [0.2, 0.25) is 0 Å². The van der Waals surface area contributed by atoms with E-state index in [9.17, 15) is 0 Å². The van der Waals surface area contributed by atoms with Crippen LogP contribution < -0.4 is 17.2 Å². The summed E-state index contributed by atoms with van der Waals surface area (Å²) in [6, 6.07) is 12.7. The predicted molar refractivity (Wildman–Crippen MR) is 93.8 cm³/mol. The minimum atomic E-state index is 0.308. The summed E-state index contributed by atoms with van der Waals surface area (Å²) in [5.74, 6) is 1.48. The maximum atomic E-state index is 6.10. The van der Waals surface area contributed by atoms with Crippen LogP contribution >= 0.6 is 0 Å². The SMILES string of the molecule is NC1=CC2C3c4ccc(N)cc4C(c4ccc(N)cc43)C2C=C1. The van der Waals surface area contributed by atoms with Crippen LogP contribution in [0.3, 0.4) is 0 Å². The maximum Gasteiger partial charge on any atom is 0.0317 e. The number of hydrogen-bond acceptors (Lipinski definition) is 3. The Labute approximate surface area is 135 Å². The van der Waals surface area contributed by atoms with E-state index in [0.29, 0.717) is 23.7 Å². The monoisotopic (exact) mass is 301 g/mol. The van der Waals surface area contributed by atoms with E-state index in [-0.39, 0.29) is 0 Å². The summed E-state index contributed by atoms with van der Waals surface area (Å²) in [7, 11) is 0. The molecule has 4 unspecified atom stereocenters. The molecular weight excluding hydrogens is 282 g/mol. The largest absolute Gasteiger partial charge is 0.399 e. The topological polar surface area (TPSA) is 78.1 Å². The van der Waals surface area contributed by atoms with Gasteiger partial charge in [-0.3, -0.25) is 0 Å². The lowest BCUT2D eigenvalue weighted by Gasteiger charge is -2.50. The van der Waals surface area contributed by atoms with Gasteiger partial charge in [0.05, 0.1) is 0 Å². The Morgan fingerprint density at radius 1 is 0.652 bits per heavy atom. The second-order valence-corrected chi connectivity index (χ2v) is 6.91. The van der Waals surface area contributed by atoms with Crippen molar-refractivity contribution in [2.24, 2.45) is 17.6 Å². The molecule has 2 bridgehead atoms. The molecule has 114 valence electrons. The minimum Gasteiger partial charge on any atom is -0.399 e. The van der Waals surface area contributed by atoms with E-state index in [1.54, 1.807) is 0 Å². The molecule has 0 spiro atoms. The van der Waals surface area contributed by atoms with Crippen molar-refractivity contribution in [3.8, 4) is 0 Å². The van der Waals surface area contributed by atoms with Gasteiger partial charge in [-0.05, 0) is 64.4 Å². The molecule has 23 heavy (non-hydrogen) atoms. The zero-order valence-corrected chi connectivity index (χ0v) is 12.7. The first-order valence-electron chi connectivity index (χ1n) is 8.07. The molecule has 3 nitrogen and oxygen atoms in total. The van der Waals surface area contributed by atoms with Gasteiger partial charge in [-0.1, -0.05) is 24.3 Å². The average Bonchev–Trinajstić information content (AvgIpc) is 2.53. The van der Waals surface area contributed by atoms with Crippen LogP contribution in [0.2, 0.25) is 0 Å². The molecule has 0 amide bonds. The average molecular weight is 301 g/mol. The van der Waals surface area contributed by atoms with Crippen LogP contribution in [0, 0.1) is 11.8 Å². The molecule has 4 aliphatic rings. The first-order valence-corrected chi connectivity index (χ1v) is 8.07. The first-order chi connectivity index (χ1) is 11.1. The second kappa shape index (κ2) is 4.19. The van der Waals surface area contributed by atoms with Gasteiger partial charge in [0, 0.05) is 28.9 Å². The van der Waals surface area contributed by atoms with Crippen LogP contribution in [0.5, 0.6) is 0 Å². The summed E-state index contributed by atoms with van der Waals surface area (Å²) in [5.41, 5.74) is 26.3. The molecule has 4 atom stereocenters. The Balaban J connectivity index is 1.83. The van der Waals surface area contributed by atoms with Crippen molar-refractivity contribution < 1.29 is 0 Å². The van der Waals surface area contributed by atoms with Gasteiger partial charge < -0.3 is 17.2 Å². The zero-order valence-electron chi connectivity index (χ0n) is 12.7. The standard InChI is InChI=1S/C20H19N3/c21-10-3-6-15-16(7-10)19-13-4-1-11(22)8-17(13)20(15)18-9-12(23)2-5-14(18)19/h1-9,13,17,19-20H,21-23H2. The summed E-state index contributed by atoms with van der Waals surface area (Å²) in [5, 5.41) is 0. The number of benzene rings is 2. The molecule has 4 aliphatic carbocycles. The van der Waals surface area contributed by atoms with E-state index in [2.05, 4.69) is 36.4 Å². The van der Waals surface area contributed by atoms with E-state index in [4.69, 9.17) is 17.2 Å². The highest BCUT2D eigenvalue weighted by Crippen LogP contribution is 2.60. The van der Waals surface area contributed by atoms with Crippen molar-refractivity contribution in [3.05, 3.63) is 82.6 Å². The molecular formula is C20H19N3. The fourth-order valence-electron chi connectivity index (χ4n) is 4.85. The lowest BCUT2D eigenvalue weighted by Crippen LogP contribution is -2.39. The van der Waals surface area contributed by atoms with Crippen molar-refractivity contribution in [2.75, 3.05) is 11.5 Å². The fourth-order valence-corrected chi connectivity index (χ4v) is 4.85. The lowest BCUT2D eigenvalue weighted by atomic mass is 9.53. The molecule has 0 fully saturated rings. The van der Waals surface area contributed by atoms with Crippen LogP contribution in [0.25, 0.3) is 0 Å². The number of anilines is 2. The third-order valence-corrected chi connectivity index (χ3v) is 5.67. The van der Waals surface area contributed by atoms with Crippen LogP contribution in [0.4, 0.5) is 11.4 Å². The van der Waals surface area contributed by atoms with Gasteiger partial charge in [-0.25, -0.2) is 0 Å². The normalized spacial score (nSPS) is 29.5. The van der Waals surface area contributed by atoms with Crippen molar-refractivity contribution in [2.45, 2.75) is 11.8 Å². The van der Waals surface area contributed by atoms with E-state index >= 15 is 0 Å². The van der Waals surface area contributed by atoms with Crippen LogP contribution in [-0.2, 0) is 0 Å². The van der Waals surface area contributed by atoms with Crippen molar-refractivity contribution in [3.63, 3.8) is 0 Å². The number of rotatable bonds is 0. The third kappa shape index (κ3) is 1.59. The summed E-state index contributed by atoms with van der Waals surface area (Å²) in [6.07, 6.45) is 6.56. The maximum absolute atomic E-state index is 6.10. The molecule has 6 rings (SSSR count). The summed E-state index contributed by atoms with van der Waals surface area (Å²) < 4.78 is 0. The molecule has 2 aromatic rings. The predicted octanol–water partition coefficient (Wildman–Crippen LogP) is 3.09. The van der Waals surface area contributed by atoms with Gasteiger partial charge in [-0.2, -0.15) is 0 Å². The Hall–Kier alpha value is -2.68. The van der Waals surface area contributed by atoms with Crippen molar-refractivity contribution in [1.29, 1.82) is 0 Å². The van der Waals surface area contributed by atoms with Crippen molar-refractivity contribution in [1.82, 2.24) is 0 Å². The molecule has 3 heteroatoms. The molecule has 0 aromatic heterocycles. The highest BCUT2D eigenvalue weighted by molar-refractivity contribution is 5.64. The quantitative estimate of drug-likeness (QED) is 0.654. The van der Waals surface area contributed by atoms with Gasteiger partial charge in [0.15, 0.2) is 0 Å². The van der Waals surface area contributed by atoms with Gasteiger partial charge >= 0.3 is 0 Å². The third-order valence-electron chi connectivity index (χ3n) is 5.67. The number of nitrogen functional groups attached to an aromatic ring is 2. The van der Waals surface area contributed by atoms with E-state index in [1.165, 1.54) is 22.3 Å². The van der Waals surface area contributed by atoms with Crippen LogP contribution in [-0.4, -0.2) is 0 Å². The summed E-state index contributed by atoms with van der Waals surface area (Å²) in [6.45, 7) is 0. The van der Waals surface area contributed by atoms with E-state index in [1.807, 2.05) is 18.2 Å². The Morgan fingerprint density at radius 3 is 1.83 bits per heavy atom. The molecule has 6 N–H and O–H groups in total. The molecule has 0 radical (unpaired) electrons. The molecule has 0 heterocycles. The number of hydrogen-bond donors (Lipinski definition) is 3. The molecule has 0 saturated carbocycles. The number of allylic oxidation sites excluding steroid dienone is 3. The van der Waals surface area contributed by atoms with Gasteiger partial charge in [0.25, 0.3) is 0 Å². The van der Waals surface area contributed by atoms with E-state index < -0.39 is 0 Å². The second-order valence-electron chi connectivity index (χ2n) is 6.91. The van der Waals surface area contributed by atoms with Crippen molar-refractivity contribution >= 4 is 11.4 Å². The van der Waals surface area contributed by atoms with Gasteiger partial charge in [0.1, 0.15) is 0 Å². The number of nitrogens with two attached hydrogens (primary N) is 3. The van der Waals surface area contributed by atoms with E-state index in [0.717, 1.165) is 17.1 Å². The van der Waals surface area contributed by atoms with Crippen LogP contribution in [0.1, 0.15) is 34.1 Å². The molecule has 0 saturated heterocycles. The summed E-state index contributed by atoms with van der Waals surface area (Å²) >= 11 is 0. The Bertz CT molecular complexity index is 894. The highest BCUT2D eigenvalue weighted by atomic mass is 14.6. The summed E-state index contributed by atoms with van der Waals surface area (Å²) in [4.78, 5) is 0. The first kappa shape index (κ1) is 12.8. The molecule has 0 aliphatic heterocycles. The smallest absolute Gasteiger partial charge is 0.0317 e. The zero-order chi connectivity index (χ0) is 15.7.